The summed E-state index contributed by atoms with van der Waals surface area (Å²) in [5.74, 6) is 0. The summed E-state index contributed by atoms with van der Waals surface area (Å²) < 4.78 is 0. The van der Waals surface area contributed by atoms with Crippen molar-refractivity contribution in [3.63, 3.8) is 0 Å². The Kier molecular flexibility index (Phi) is 8.56. The van der Waals surface area contributed by atoms with Crippen molar-refractivity contribution >= 4 is 60.2 Å². The van der Waals surface area contributed by atoms with Crippen LogP contribution < -0.4 is 4.90 Å². The van der Waals surface area contributed by atoms with Crippen LogP contribution in [0.25, 0.3) is 87.6 Å². The van der Waals surface area contributed by atoms with E-state index in [1.807, 2.05) is 0 Å². The molecule has 0 saturated carbocycles. The van der Waals surface area contributed by atoms with Gasteiger partial charge in [-0.2, -0.15) is 0 Å². The number of para-hydroxylation sites is 1. The molecule has 0 unspecified atom stereocenters. The Morgan fingerprint density at radius 3 is 1.32 bits per heavy atom. The van der Waals surface area contributed by atoms with Crippen molar-refractivity contribution in [1.29, 1.82) is 0 Å². The summed E-state index contributed by atoms with van der Waals surface area (Å²) in [5, 5.41) is 10.2. The maximum Gasteiger partial charge on any atom is 0.0540 e. The molecule has 0 radical (unpaired) electrons. The van der Waals surface area contributed by atoms with Crippen molar-refractivity contribution in [2.75, 3.05) is 4.90 Å². The first-order chi connectivity index (χ1) is 29.3. The van der Waals surface area contributed by atoms with Crippen LogP contribution in [0, 0.1) is 0 Å². The summed E-state index contributed by atoms with van der Waals surface area (Å²) in [6, 6.07) is 86.2. The molecule has 0 saturated heterocycles. The zero-order valence-corrected chi connectivity index (χ0v) is 32.5. The molecular weight excluding hydrogens is 711 g/mol. The predicted molar refractivity (Wildman–Crippen MR) is 253 cm³/mol. The first-order valence-electron chi connectivity index (χ1n) is 20.3. The van der Waals surface area contributed by atoms with Gasteiger partial charge in [0.1, 0.15) is 0 Å². The fourth-order valence-electron chi connectivity index (χ4n) is 9.00. The van der Waals surface area contributed by atoms with E-state index < -0.39 is 0 Å². The normalized spacial score (nSPS) is 11.4. The Hall–Kier alpha value is -7.74. The third-order valence-electron chi connectivity index (χ3n) is 11.9. The maximum atomic E-state index is 2.40. The molecule has 0 bridgehead atoms. The molecule has 0 N–H and O–H groups in total. The molecule has 11 aromatic rings. The molecule has 0 aliphatic rings. The second kappa shape index (κ2) is 14.6. The van der Waals surface area contributed by atoms with Gasteiger partial charge in [-0.15, -0.1) is 0 Å². The van der Waals surface area contributed by atoms with Gasteiger partial charge in [0.15, 0.2) is 0 Å². The van der Waals surface area contributed by atoms with Gasteiger partial charge in [-0.1, -0.05) is 194 Å². The molecule has 1 nitrogen and oxygen atoms in total. The van der Waals surface area contributed by atoms with Crippen LogP contribution in [0.1, 0.15) is 0 Å². The third-order valence-corrected chi connectivity index (χ3v) is 11.9. The standard InChI is InChI=1S/C58H39N/c1-2-14-40(15-3-1)41-28-33-47(34-29-41)59(58-27-11-10-21-51(58)46-19-12-18-45(38-46)50-26-13-17-43-16-4-5-20-49(43)50)48-35-30-42(31-36-48)44-32-37-56-54-24-7-6-22-52(54)53-23-8-9-25-55(53)57(56)39-44/h1-39H. The molecule has 0 fully saturated rings. The Morgan fingerprint density at radius 1 is 0.220 bits per heavy atom. The molecule has 0 spiro atoms. The molecule has 1 heteroatoms. The molecule has 0 amide bonds. The Balaban J connectivity index is 1.03. The molecular formula is C58H39N. The van der Waals surface area contributed by atoms with E-state index >= 15 is 0 Å². The molecule has 0 atom stereocenters. The lowest BCUT2D eigenvalue weighted by molar-refractivity contribution is 1.28. The highest BCUT2D eigenvalue weighted by Crippen LogP contribution is 2.43. The zero-order valence-electron chi connectivity index (χ0n) is 32.5. The monoisotopic (exact) mass is 749 g/mol. The lowest BCUT2D eigenvalue weighted by Gasteiger charge is -2.28. The Morgan fingerprint density at radius 2 is 0.644 bits per heavy atom. The van der Waals surface area contributed by atoms with Gasteiger partial charge >= 0.3 is 0 Å². The third kappa shape index (κ3) is 6.21. The van der Waals surface area contributed by atoms with Crippen molar-refractivity contribution < 1.29 is 0 Å². The van der Waals surface area contributed by atoms with Gasteiger partial charge in [0.2, 0.25) is 0 Å². The first-order valence-corrected chi connectivity index (χ1v) is 20.3. The molecule has 0 aliphatic heterocycles. The van der Waals surface area contributed by atoms with Crippen LogP contribution in [0.2, 0.25) is 0 Å². The Bertz CT molecular complexity index is 3270. The van der Waals surface area contributed by atoms with E-state index in [0.717, 1.165) is 17.1 Å². The first kappa shape index (κ1) is 34.5. The summed E-state index contributed by atoms with van der Waals surface area (Å²) in [5.41, 5.74) is 12.9. The van der Waals surface area contributed by atoms with Crippen LogP contribution in [0.4, 0.5) is 17.1 Å². The van der Waals surface area contributed by atoms with E-state index in [1.165, 1.54) is 87.6 Å². The lowest BCUT2D eigenvalue weighted by atomic mass is 9.92. The molecule has 11 aromatic carbocycles. The molecule has 276 valence electrons. The number of fused-ring (bicyclic) bond motifs is 7. The predicted octanol–water partition coefficient (Wildman–Crippen LogP) is 16.4. The van der Waals surface area contributed by atoms with Gasteiger partial charge in [0.25, 0.3) is 0 Å². The number of rotatable bonds is 7. The highest BCUT2D eigenvalue weighted by atomic mass is 15.1. The van der Waals surface area contributed by atoms with Gasteiger partial charge in [0.05, 0.1) is 5.69 Å². The second-order valence-electron chi connectivity index (χ2n) is 15.3. The summed E-state index contributed by atoms with van der Waals surface area (Å²) in [7, 11) is 0. The smallest absolute Gasteiger partial charge is 0.0540 e. The molecule has 0 aromatic heterocycles. The van der Waals surface area contributed by atoms with E-state index in [0.29, 0.717) is 0 Å². The van der Waals surface area contributed by atoms with E-state index in [1.54, 1.807) is 0 Å². The summed E-state index contributed by atoms with van der Waals surface area (Å²) in [6.07, 6.45) is 0. The van der Waals surface area contributed by atoms with Gasteiger partial charge in [0, 0.05) is 16.9 Å². The van der Waals surface area contributed by atoms with Gasteiger partial charge < -0.3 is 4.90 Å². The number of hydrogen-bond donors (Lipinski definition) is 0. The van der Waals surface area contributed by atoms with Crippen LogP contribution in [0.3, 0.4) is 0 Å². The largest absolute Gasteiger partial charge is 0.310 e. The quantitative estimate of drug-likeness (QED) is 0.147. The number of benzene rings is 11. The highest BCUT2D eigenvalue weighted by molar-refractivity contribution is 6.25. The fourth-order valence-corrected chi connectivity index (χ4v) is 9.00. The van der Waals surface area contributed by atoms with Crippen LogP contribution in [-0.4, -0.2) is 0 Å². The number of anilines is 3. The van der Waals surface area contributed by atoms with E-state index in [4.69, 9.17) is 0 Å². The molecule has 11 rings (SSSR count). The summed E-state index contributed by atoms with van der Waals surface area (Å²) >= 11 is 0. The summed E-state index contributed by atoms with van der Waals surface area (Å²) in [6.45, 7) is 0. The Labute approximate surface area is 344 Å². The van der Waals surface area contributed by atoms with Crippen molar-refractivity contribution in [2.45, 2.75) is 0 Å². The van der Waals surface area contributed by atoms with Gasteiger partial charge in [-0.05, 0) is 124 Å². The van der Waals surface area contributed by atoms with Gasteiger partial charge in [-0.3, -0.25) is 0 Å². The minimum atomic E-state index is 1.09. The average Bonchev–Trinajstić information content (AvgIpc) is 3.32. The van der Waals surface area contributed by atoms with Crippen molar-refractivity contribution in [1.82, 2.24) is 0 Å². The SMILES string of the molecule is c1ccc(-c2ccc(N(c3ccc(-c4ccc5c6ccccc6c6ccccc6c5c4)cc3)c3ccccc3-c3cccc(-c4cccc5ccccc45)c3)cc2)cc1. The van der Waals surface area contributed by atoms with E-state index in [2.05, 4.69) is 241 Å². The van der Waals surface area contributed by atoms with Crippen molar-refractivity contribution in [2.24, 2.45) is 0 Å². The van der Waals surface area contributed by atoms with Crippen molar-refractivity contribution in [3.8, 4) is 44.5 Å². The fraction of sp³-hybridized carbons (Fsp3) is 0. The summed E-state index contributed by atoms with van der Waals surface area (Å²) in [4.78, 5) is 2.40. The van der Waals surface area contributed by atoms with Crippen LogP contribution in [0.5, 0.6) is 0 Å². The molecule has 0 heterocycles. The maximum absolute atomic E-state index is 2.40. The molecule has 59 heavy (non-hydrogen) atoms. The van der Waals surface area contributed by atoms with Crippen LogP contribution in [-0.2, 0) is 0 Å². The number of nitrogens with zero attached hydrogens (tertiary/aromatic N) is 1. The topological polar surface area (TPSA) is 3.24 Å². The highest BCUT2D eigenvalue weighted by Gasteiger charge is 2.19. The number of hydrogen-bond acceptors (Lipinski definition) is 1. The average molecular weight is 750 g/mol. The minimum Gasteiger partial charge on any atom is -0.310 e. The van der Waals surface area contributed by atoms with Gasteiger partial charge in [-0.25, -0.2) is 0 Å². The van der Waals surface area contributed by atoms with Crippen molar-refractivity contribution in [3.05, 3.63) is 237 Å². The van der Waals surface area contributed by atoms with E-state index in [-0.39, 0.29) is 0 Å². The van der Waals surface area contributed by atoms with Crippen LogP contribution >= 0.6 is 0 Å². The lowest BCUT2D eigenvalue weighted by Crippen LogP contribution is -2.11. The van der Waals surface area contributed by atoms with E-state index in [9.17, 15) is 0 Å². The second-order valence-corrected chi connectivity index (χ2v) is 15.3. The molecule has 0 aliphatic carbocycles. The zero-order chi connectivity index (χ0) is 39.1. The minimum absolute atomic E-state index is 1.09. The van der Waals surface area contributed by atoms with Crippen LogP contribution in [0.15, 0.2) is 237 Å².